The van der Waals surface area contributed by atoms with E-state index in [1.54, 1.807) is 7.11 Å². The molecule has 0 spiro atoms. The molecular formula is C18H23N3O2. The fraction of sp³-hybridized carbons (Fsp3) is 0.500. The molecule has 1 saturated carbocycles. The number of nitrogens with zero attached hydrogens (tertiary/aromatic N) is 2. The maximum atomic E-state index is 6.06. The van der Waals surface area contributed by atoms with Gasteiger partial charge in [0.2, 0.25) is 0 Å². The number of aromatic amines is 1. The number of hydrogen-bond donors (Lipinski definition) is 1. The van der Waals surface area contributed by atoms with Gasteiger partial charge in [-0.3, -0.25) is 4.90 Å². The van der Waals surface area contributed by atoms with Crippen LogP contribution in [0.3, 0.4) is 0 Å². The second kappa shape index (κ2) is 6.34. The summed E-state index contributed by atoms with van der Waals surface area (Å²) in [7, 11) is 1.79. The van der Waals surface area contributed by atoms with E-state index in [0.717, 1.165) is 31.1 Å². The molecule has 5 heteroatoms. The summed E-state index contributed by atoms with van der Waals surface area (Å²) in [4.78, 5) is 10.1. The highest BCUT2D eigenvalue weighted by atomic mass is 16.5. The van der Waals surface area contributed by atoms with E-state index in [9.17, 15) is 0 Å². The van der Waals surface area contributed by atoms with Crippen LogP contribution in [0.25, 0.3) is 0 Å². The van der Waals surface area contributed by atoms with Crippen molar-refractivity contribution in [1.82, 2.24) is 14.9 Å². The molecule has 1 aromatic carbocycles. The van der Waals surface area contributed by atoms with E-state index in [1.165, 1.54) is 18.4 Å². The minimum Gasteiger partial charge on any atom is -0.490 e. The predicted octanol–water partition coefficient (Wildman–Crippen LogP) is 2.91. The lowest BCUT2D eigenvalue weighted by Crippen LogP contribution is -2.25. The Morgan fingerprint density at radius 2 is 2.13 bits per heavy atom. The zero-order chi connectivity index (χ0) is 15.6. The van der Waals surface area contributed by atoms with Crippen LogP contribution in [-0.4, -0.2) is 40.7 Å². The molecule has 1 aliphatic heterocycles. The number of benzene rings is 1. The quantitative estimate of drug-likeness (QED) is 0.891. The minimum absolute atomic E-state index is 0.251. The molecule has 2 aromatic rings. The number of methoxy groups -OCH3 is 1. The maximum absolute atomic E-state index is 6.06. The van der Waals surface area contributed by atoms with Gasteiger partial charge in [-0.2, -0.15) is 0 Å². The summed E-state index contributed by atoms with van der Waals surface area (Å²) in [6, 6.07) is 8.65. The number of para-hydroxylation sites is 1. The predicted molar refractivity (Wildman–Crippen MR) is 87.2 cm³/mol. The van der Waals surface area contributed by atoms with Crippen molar-refractivity contribution >= 4 is 0 Å². The zero-order valence-corrected chi connectivity index (χ0v) is 13.4. The molecule has 4 rings (SSSR count). The van der Waals surface area contributed by atoms with Gasteiger partial charge >= 0.3 is 0 Å². The average molecular weight is 313 g/mol. The van der Waals surface area contributed by atoms with Crippen molar-refractivity contribution in [2.24, 2.45) is 0 Å². The highest BCUT2D eigenvalue weighted by molar-refractivity contribution is 5.34. The lowest BCUT2D eigenvalue weighted by Gasteiger charge is -2.23. The SMILES string of the molecule is CO[C@@H]1CC(c2ncc[nH]2)N(Cc2ccccc2OC2CC2)C1. The van der Waals surface area contributed by atoms with E-state index in [1.807, 2.05) is 18.5 Å². The monoisotopic (exact) mass is 313 g/mol. The number of likely N-dealkylation sites (tertiary alicyclic amines) is 1. The van der Waals surface area contributed by atoms with Crippen molar-refractivity contribution in [2.75, 3.05) is 13.7 Å². The number of imidazole rings is 1. The van der Waals surface area contributed by atoms with Crippen LogP contribution in [0.5, 0.6) is 5.75 Å². The van der Waals surface area contributed by atoms with Gasteiger partial charge in [0.05, 0.1) is 18.2 Å². The summed E-state index contributed by atoms with van der Waals surface area (Å²) >= 11 is 0. The molecule has 122 valence electrons. The molecule has 0 amide bonds. The molecule has 5 nitrogen and oxygen atoms in total. The van der Waals surface area contributed by atoms with Crippen LogP contribution in [0.1, 0.15) is 36.7 Å². The fourth-order valence-corrected chi connectivity index (χ4v) is 3.28. The third-order valence-corrected chi connectivity index (χ3v) is 4.70. The summed E-state index contributed by atoms with van der Waals surface area (Å²) in [5.41, 5.74) is 1.24. The molecule has 2 fully saturated rings. The first-order valence-corrected chi connectivity index (χ1v) is 8.34. The Balaban J connectivity index is 1.54. The van der Waals surface area contributed by atoms with Gasteiger partial charge < -0.3 is 14.5 Å². The standard InChI is InChI=1S/C18H23N3O2/c1-22-15-10-16(18-19-8-9-20-18)21(12-15)11-13-4-2-3-5-17(13)23-14-6-7-14/h2-5,8-9,14-16H,6-7,10-12H2,1H3,(H,19,20)/t15-,16?/m1/s1. The molecule has 1 N–H and O–H groups in total. The molecule has 0 bridgehead atoms. The number of aromatic nitrogens is 2. The Morgan fingerprint density at radius 1 is 1.26 bits per heavy atom. The van der Waals surface area contributed by atoms with Crippen LogP contribution in [0.15, 0.2) is 36.7 Å². The molecule has 2 aliphatic rings. The molecule has 1 unspecified atom stereocenters. The summed E-state index contributed by atoms with van der Waals surface area (Å²) in [6.07, 6.45) is 7.70. The van der Waals surface area contributed by atoms with Gasteiger partial charge in [0, 0.05) is 38.2 Å². The first kappa shape index (κ1) is 14.7. The van der Waals surface area contributed by atoms with Crippen LogP contribution in [0.2, 0.25) is 0 Å². The van der Waals surface area contributed by atoms with Gasteiger partial charge in [0.1, 0.15) is 11.6 Å². The van der Waals surface area contributed by atoms with Gasteiger partial charge in [0.15, 0.2) is 0 Å². The van der Waals surface area contributed by atoms with Crippen LogP contribution in [-0.2, 0) is 11.3 Å². The number of H-pyrrole nitrogens is 1. The largest absolute Gasteiger partial charge is 0.490 e. The zero-order valence-electron chi connectivity index (χ0n) is 13.4. The topological polar surface area (TPSA) is 50.4 Å². The average Bonchev–Trinajstić information content (AvgIpc) is 3.07. The Kier molecular flexibility index (Phi) is 4.06. The van der Waals surface area contributed by atoms with Gasteiger partial charge in [-0.1, -0.05) is 18.2 Å². The second-order valence-electron chi connectivity index (χ2n) is 6.44. The molecule has 1 saturated heterocycles. The van der Waals surface area contributed by atoms with E-state index in [2.05, 4.69) is 33.1 Å². The molecule has 0 radical (unpaired) electrons. The van der Waals surface area contributed by atoms with Crippen LogP contribution < -0.4 is 4.74 Å². The van der Waals surface area contributed by atoms with Gasteiger partial charge in [0.25, 0.3) is 0 Å². The van der Waals surface area contributed by atoms with E-state index < -0.39 is 0 Å². The second-order valence-corrected chi connectivity index (χ2v) is 6.44. The summed E-state index contributed by atoms with van der Waals surface area (Å²) in [6.45, 7) is 1.77. The van der Waals surface area contributed by atoms with Crippen LogP contribution >= 0.6 is 0 Å². The number of nitrogens with one attached hydrogen (secondary N) is 1. The Morgan fingerprint density at radius 3 is 2.87 bits per heavy atom. The van der Waals surface area contributed by atoms with E-state index in [0.29, 0.717) is 6.10 Å². The Bertz CT molecular complexity index is 639. The lowest BCUT2D eigenvalue weighted by atomic mass is 10.1. The lowest BCUT2D eigenvalue weighted by molar-refractivity contribution is 0.107. The van der Waals surface area contributed by atoms with Crippen molar-refractivity contribution in [3.63, 3.8) is 0 Å². The molecule has 1 aromatic heterocycles. The van der Waals surface area contributed by atoms with Crippen molar-refractivity contribution in [3.05, 3.63) is 48.0 Å². The highest BCUT2D eigenvalue weighted by Gasteiger charge is 2.35. The van der Waals surface area contributed by atoms with E-state index >= 15 is 0 Å². The minimum atomic E-state index is 0.251. The molecule has 2 heterocycles. The van der Waals surface area contributed by atoms with E-state index in [4.69, 9.17) is 9.47 Å². The first-order valence-electron chi connectivity index (χ1n) is 8.34. The normalized spacial score (nSPS) is 24.9. The first-order chi connectivity index (χ1) is 11.3. The number of rotatable bonds is 6. The summed E-state index contributed by atoms with van der Waals surface area (Å²) in [5, 5.41) is 0. The third kappa shape index (κ3) is 3.26. The van der Waals surface area contributed by atoms with Crippen LogP contribution in [0, 0.1) is 0 Å². The Labute approximate surface area is 136 Å². The van der Waals surface area contributed by atoms with Crippen LogP contribution in [0.4, 0.5) is 0 Å². The molecule has 23 heavy (non-hydrogen) atoms. The fourth-order valence-electron chi connectivity index (χ4n) is 3.28. The van der Waals surface area contributed by atoms with E-state index in [-0.39, 0.29) is 12.1 Å². The summed E-state index contributed by atoms with van der Waals surface area (Å²) < 4.78 is 11.7. The highest BCUT2D eigenvalue weighted by Crippen LogP contribution is 2.35. The maximum Gasteiger partial charge on any atom is 0.124 e. The van der Waals surface area contributed by atoms with Crippen molar-refractivity contribution in [1.29, 1.82) is 0 Å². The van der Waals surface area contributed by atoms with Crippen molar-refractivity contribution < 1.29 is 9.47 Å². The third-order valence-electron chi connectivity index (χ3n) is 4.70. The van der Waals surface area contributed by atoms with Gasteiger partial charge in [-0.05, 0) is 25.3 Å². The van der Waals surface area contributed by atoms with Crippen molar-refractivity contribution in [3.8, 4) is 5.75 Å². The van der Waals surface area contributed by atoms with Crippen molar-refractivity contribution in [2.45, 2.75) is 44.1 Å². The molecule has 2 atom stereocenters. The van der Waals surface area contributed by atoms with Gasteiger partial charge in [-0.15, -0.1) is 0 Å². The number of hydrogen-bond acceptors (Lipinski definition) is 4. The summed E-state index contributed by atoms with van der Waals surface area (Å²) in [5.74, 6) is 2.04. The van der Waals surface area contributed by atoms with Gasteiger partial charge in [-0.25, -0.2) is 4.98 Å². The smallest absolute Gasteiger partial charge is 0.124 e. The molecule has 1 aliphatic carbocycles. The molecular weight excluding hydrogens is 290 g/mol. The number of ether oxygens (including phenoxy) is 2. The Hall–Kier alpha value is -1.85.